The normalized spacial score (nSPS) is 12.1. The lowest BCUT2D eigenvalue weighted by Gasteiger charge is -2.22. The van der Waals surface area contributed by atoms with E-state index in [1.807, 2.05) is 31.2 Å². The predicted molar refractivity (Wildman–Crippen MR) is 99.1 cm³/mol. The third kappa shape index (κ3) is 2.52. The summed E-state index contributed by atoms with van der Waals surface area (Å²) in [7, 11) is 0. The molecule has 0 spiro atoms. The monoisotopic (exact) mass is 344 g/mol. The van der Waals surface area contributed by atoms with Crippen LogP contribution in [0.15, 0.2) is 54.6 Å². The molecule has 1 aliphatic rings. The first kappa shape index (κ1) is 16.0. The van der Waals surface area contributed by atoms with Crippen molar-refractivity contribution in [1.82, 2.24) is 0 Å². The molecule has 4 rings (SSSR count). The largest absolute Gasteiger partial charge is 0.508 e. The minimum absolute atomic E-state index is 0.0830. The van der Waals surface area contributed by atoms with Gasteiger partial charge in [-0.15, -0.1) is 0 Å². The van der Waals surface area contributed by atoms with E-state index in [9.17, 15) is 15.0 Å². The van der Waals surface area contributed by atoms with Crippen LogP contribution in [-0.2, 0) is 0 Å². The third-order valence-corrected chi connectivity index (χ3v) is 4.44. The first-order chi connectivity index (χ1) is 12.4. The highest BCUT2D eigenvalue weighted by Gasteiger charge is 2.24. The average molecular weight is 344 g/mol. The van der Waals surface area contributed by atoms with Gasteiger partial charge in [0.15, 0.2) is 0 Å². The molecule has 0 saturated carbocycles. The average Bonchev–Trinajstić information content (AvgIpc) is 2.59. The summed E-state index contributed by atoms with van der Waals surface area (Å²) >= 11 is 0. The number of phenols is 1. The van der Waals surface area contributed by atoms with Crippen molar-refractivity contribution in [2.24, 2.45) is 0 Å². The van der Waals surface area contributed by atoms with E-state index in [1.165, 1.54) is 6.07 Å². The van der Waals surface area contributed by atoms with Gasteiger partial charge in [-0.1, -0.05) is 36.4 Å². The molecule has 0 aromatic heterocycles. The zero-order valence-electron chi connectivity index (χ0n) is 14.1. The molecule has 0 saturated heterocycles. The lowest BCUT2D eigenvalue weighted by Crippen LogP contribution is -2.20. The SMILES string of the molecule is C=c1ccc2c(c1)Oc1cc(O)ccc1C=2c1ccc(C)cc1C(=O)O. The summed E-state index contributed by atoms with van der Waals surface area (Å²) in [6.45, 7) is 5.79. The van der Waals surface area contributed by atoms with Crippen LogP contribution < -0.4 is 15.2 Å². The van der Waals surface area contributed by atoms with Crippen LogP contribution in [0.3, 0.4) is 0 Å². The van der Waals surface area contributed by atoms with E-state index in [1.54, 1.807) is 24.3 Å². The Hall–Kier alpha value is -3.53. The van der Waals surface area contributed by atoms with Gasteiger partial charge in [0, 0.05) is 22.4 Å². The molecule has 0 fully saturated rings. The fraction of sp³-hybridized carbons (Fsp3) is 0.0455. The first-order valence-electron chi connectivity index (χ1n) is 8.13. The van der Waals surface area contributed by atoms with Crippen molar-refractivity contribution in [2.75, 3.05) is 0 Å². The summed E-state index contributed by atoms with van der Waals surface area (Å²) in [6, 6.07) is 15.8. The minimum atomic E-state index is -0.988. The molecular formula is C22H16O4. The number of ether oxygens (including phenoxy) is 1. The molecule has 0 aliphatic carbocycles. The van der Waals surface area contributed by atoms with E-state index in [2.05, 4.69) is 6.58 Å². The van der Waals surface area contributed by atoms with Crippen molar-refractivity contribution in [3.05, 3.63) is 87.3 Å². The molecule has 0 radical (unpaired) electrons. The Kier molecular flexibility index (Phi) is 3.55. The Morgan fingerprint density at radius 1 is 0.962 bits per heavy atom. The molecule has 2 N–H and O–H groups in total. The number of hydrogen-bond donors (Lipinski definition) is 2. The van der Waals surface area contributed by atoms with Crippen LogP contribution in [0.4, 0.5) is 0 Å². The summed E-state index contributed by atoms with van der Waals surface area (Å²) in [6.07, 6.45) is 0. The molecule has 0 bridgehead atoms. The summed E-state index contributed by atoms with van der Waals surface area (Å²) in [5.74, 6) is 0.163. The Labute approximate surface area is 149 Å². The number of aryl methyl sites for hydroxylation is 1. The molecule has 0 atom stereocenters. The van der Waals surface area contributed by atoms with Crippen LogP contribution in [0, 0.1) is 6.92 Å². The Morgan fingerprint density at radius 3 is 2.50 bits per heavy atom. The van der Waals surface area contributed by atoms with Crippen LogP contribution in [0.25, 0.3) is 12.2 Å². The Morgan fingerprint density at radius 2 is 1.73 bits per heavy atom. The van der Waals surface area contributed by atoms with Gasteiger partial charge in [0.05, 0.1) is 5.56 Å². The zero-order valence-corrected chi connectivity index (χ0v) is 14.1. The lowest BCUT2D eigenvalue weighted by atomic mass is 9.89. The molecule has 3 aromatic carbocycles. The second-order valence-electron chi connectivity index (χ2n) is 6.34. The third-order valence-electron chi connectivity index (χ3n) is 4.44. The highest BCUT2D eigenvalue weighted by atomic mass is 16.5. The maximum Gasteiger partial charge on any atom is 0.336 e. The molecule has 1 aliphatic heterocycles. The number of aromatic carboxylic acids is 1. The molecule has 4 heteroatoms. The van der Waals surface area contributed by atoms with E-state index in [4.69, 9.17) is 4.74 Å². The fourth-order valence-electron chi connectivity index (χ4n) is 3.27. The van der Waals surface area contributed by atoms with Crippen molar-refractivity contribution >= 4 is 18.1 Å². The van der Waals surface area contributed by atoms with Gasteiger partial charge in [-0.3, -0.25) is 0 Å². The summed E-state index contributed by atoms with van der Waals surface area (Å²) in [5, 5.41) is 21.1. The Bertz CT molecular complexity index is 1180. The number of hydrogen-bond acceptors (Lipinski definition) is 3. The van der Waals surface area contributed by atoms with Crippen molar-refractivity contribution in [1.29, 1.82) is 0 Å². The van der Waals surface area contributed by atoms with Crippen LogP contribution >= 0.6 is 0 Å². The number of rotatable bonds is 2. The second-order valence-corrected chi connectivity index (χ2v) is 6.34. The molecule has 4 nitrogen and oxygen atoms in total. The molecule has 26 heavy (non-hydrogen) atoms. The van der Waals surface area contributed by atoms with Crippen LogP contribution in [0.5, 0.6) is 17.2 Å². The highest BCUT2D eigenvalue weighted by molar-refractivity contribution is 5.98. The smallest absolute Gasteiger partial charge is 0.336 e. The number of aromatic hydroxyl groups is 1. The lowest BCUT2D eigenvalue weighted by molar-refractivity contribution is 0.0696. The van der Waals surface area contributed by atoms with E-state index >= 15 is 0 Å². The molecule has 3 aromatic rings. The number of phenolic OH excluding ortho intramolecular Hbond substituents is 1. The number of carboxylic acid groups (broad SMARTS) is 1. The molecular weight excluding hydrogens is 328 g/mol. The molecule has 0 amide bonds. The van der Waals surface area contributed by atoms with Gasteiger partial charge in [-0.2, -0.15) is 0 Å². The van der Waals surface area contributed by atoms with Crippen molar-refractivity contribution in [3.8, 4) is 17.2 Å². The van der Waals surface area contributed by atoms with Crippen LogP contribution in [-0.4, -0.2) is 16.2 Å². The standard InChI is InChI=1S/C22H16O4/c1-12-3-6-15(18(9-12)22(24)25)21-16-7-4-13(2)10-19(16)26-20-11-14(23)5-8-17(20)21/h3-11,23H,2H2,1H3,(H,24,25). The Balaban J connectivity index is 2.16. The number of carboxylic acids is 1. The maximum atomic E-state index is 11.9. The van der Waals surface area contributed by atoms with E-state index < -0.39 is 5.97 Å². The summed E-state index contributed by atoms with van der Waals surface area (Å²) in [4.78, 5) is 11.9. The topological polar surface area (TPSA) is 66.8 Å². The number of benzene rings is 3. The van der Waals surface area contributed by atoms with Gasteiger partial charge >= 0.3 is 5.97 Å². The van der Waals surface area contributed by atoms with Gasteiger partial charge in [-0.05, 0) is 42.0 Å². The van der Waals surface area contributed by atoms with Crippen LogP contribution in [0.1, 0.15) is 27.0 Å². The van der Waals surface area contributed by atoms with Gasteiger partial charge in [-0.25, -0.2) is 4.79 Å². The fourth-order valence-corrected chi connectivity index (χ4v) is 3.27. The maximum absolute atomic E-state index is 11.9. The van der Waals surface area contributed by atoms with E-state index in [0.29, 0.717) is 17.1 Å². The van der Waals surface area contributed by atoms with Crippen molar-refractivity contribution in [2.45, 2.75) is 6.92 Å². The van der Waals surface area contributed by atoms with Crippen molar-refractivity contribution in [3.63, 3.8) is 0 Å². The summed E-state index contributed by atoms with van der Waals surface area (Å²) < 4.78 is 5.95. The van der Waals surface area contributed by atoms with Gasteiger partial charge < -0.3 is 14.9 Å². The van der Waals surface area contributed by atoms with Gasteiger partial charge in [0.2, 0.25) is 0 Å². The molecule has 1 heterocycles. The highest BCUT2D eigenvalue weighted by Crippen LogP contribution is 2.38. The number of carbonyl (C=O) groups is 1. The van der Waals surface area contributed by atoms with E-state index in [-0.39, 0.29) is 11.3 Å². The molecule has 0 unspecified atom stereocenters. The summed E-state index contributed by atoms with van der Waals surface area (Å²) in [5.41, 5.74) is 3.21. The number of fused-ring (bicyclic) bond motifs is 2. The first-order valence-corrected chi connectivity index (χ1v) is 8.13. The van der Waals surface area contributed by atoms with Gasteiger partial charge in [0.1, 0.15) is 17.2 Å². The minimum Gasteiger partial charge on any atom is -0.508 e. The zero-order chi connectivity index (χ0) is 18.4. The quantitative estimate of drug-likeness (QED) is 0.586. The van der Waals surface area contributed by atoms with Crippen LogP contribution in [0.2, 0.25) is 0 Å². The predicted octanol–water partition coefficient (Wildman–Crippen LogP) is 3.16. The van der Waals surface area contributed by atoms with Gasteiger partial charge in [0.25, 0.3) is 0 Å². The van der Waals surface area contributed by atoms with E-state index in [0.717, 1.165) is 27.1 Å². The second kappa shape index (κ2) is 5.77. The molecule has 128 valence electrons. The van der Waals surface area contributed by atoms with Crippen molar-refractivity contribution < 1.29 is 19.7 Å².